The third kappa shape index (κ3) is 5.23. The van der Waals surface area contributed by atoms with Crippen molar-refractivity contribution in [2.75, 3.05) is 25.4 Å². The minimum atomic E-state index is -0.339. The molecule has 0 saturated carbocycles. The van der Waals surface area contributed by atoms with Gasteiger partial charge in [0, 0.05) is 36.1 Å². The molecule has 0 N–H and O–H groups in total. The molecule has 0 bridgehead atoms. The molecule has 4 nitrogen and oxygen atoms in total. The van der Waals surface area contributed by atoms with Gasteiger partial charge in [0.05, 0.1) is 13.0 Å². The Bertz CT molecular complexity index is 552. The second-order valence-corrected chi connectivity index (χ2v) is 6.67. The third-order valence-corrected chi connectivity index (χ3v) is 5.10. The highest BCUT2D eigenvalue weighted by Gasteiger charge is 2.23. The first kappa shape index (κ1) is 17.8. The first-order valence-corrected chi connectivity index (χ1v) is 8.96. The number of esters is 1. The topological polar surface area (TPSA) is 46.6 Å². The second-order valence-electron chi connectivity index (χ2n) is 5.36. The summed E-state index contributed by atoms with van der Waals surface area (Å²) in [5.41, 5.74) is 0.707. The summed E-state index contributed by atoms with van der Waals surface area (Å²) in [6.45, 7) is 3.30. The number of nitrogens with zero attached hydrogens (tertiary/aromatic N) is 1. The van der Waals surface area contributed by atoms with Crippen molar-refractivity contribution in [3.8, 4) is 0 Å². The highest BCUT2D eigenvalue weighted by atomic mass is 32.2. The van der Waals surface area contributed by atoms with Gasteiger partial charge in [-0.25, -0.2) is 4.39 Å². The molecule has 1 saturated heterocycles. The Labute approximate surface area is 140 Å². The molecule has 1 aliphatic rings. The predicted octanol–water partition coefficient (Wildman–Crippen LogP) is 3.18. The van der Waals surface area contributed by atoms with Crippen molar-refractivity contribution in [1.29, 1.82) is 0 Å². The van der Waals surface area contributed by atoms with E-state index in [-0.39, 0.29) is 35.8 Å². The average Bonchev–Trinajstić information content (AvgIpc) is 2.79. The van der Waals surface area contributed by atoms with E-state index in [2.05, 4.69) is 0 Å². The molecule has 0 aromatic heterocycles. The van der Waals surface area contributed by atoms with Gasteiger partial charge in [-0.1, -0.05) is 18.2 Å². The number of carbonyl (C=O) groups excluding carboxylic acids is 2. The largest absolute Gasteiger partial charge is 0.466 e. The van der Waals surface area contributed by atoms with Crippen molar-refractivity contribution in [2.45, 2.75) is 31.4 Å². The van der Waals surface area contributed by atoms with Crippen molar-refractivity contribution in [1.82, 2.24) is 4.90 Å². The molecule has 0 unspecified atom stereocenters. The third-order valence-electron chi connectivity index (χ3n) is 3.79. The van der Waals surface area contributed by atoms with Crippen LogP contribution in [-0.2, 0) is 14.3 Å². The van der Waals surface area contributed by atoms with Crippen LogP contribution in [-0.4, -0.2) is 42.2 Å². The monoisotopic (exact) mass is 339 g/mol. The highest BCUT2D eigenvalue weighted by Crippen LogP contribution is 2.35. The standard InChI is InChI=1S/C17H22FNO3S/c1-2-22-17(21)8-7-16(20)19-10-9-15(23-12-11-19)13-5-3-4-6-14(13)18/h3-6,15H,2,7-12H2,1H3/t15-/m0/s1. The summed E-state index contributed by atoms with van der Waals surface area (Å²) in [7, 11) is 0. The summed E-state index contributed by atoms with van der Waals surface area (Å²) >= 11 is 1.68. The van der Waals surface area contributed by atoms with E-state index in [9.17, 15) is 14.0 Å². The highest BCUT2D eigenvalue weighted by molar-refractivity contribution is 7.99. The lowest BCUT2D eigenvalue weighted by Crippen LogP contribution is -2.33. The van der Waals surface area contributed by atoms with E-state index in [4.69, 9.17) is 4.74 Å². The maximum absolute atomic E-state index is 13.9. The van der Waals surface area contributed by atoms with Crippen molar-refractivity contribution in [3.05, 3.63) is 35.6 Å². The van der Waals surface area contributed by atoms with Gasteiger partial charge in [0.15, 0.2) is 0 Å². The zero-order valence-corrected chi connectivity index (χ0v) is 14.1. The van der Waals surface area contributed by atoms with E-state index >= 15 is 0 Å². The van der Waals surface area contributed by atoms with E-state index in [1.54, 1.807) is 29.7 Å². The van der Waals surface area contributed by atoms with Crippen LogP contribution >= 0.6 is 11.8 Å². The van der Waals surface area contributed by atoms with E-state index in [1.165, 1.54) is 6.07 Å². The smallest absolute Gasteiger partial charge is 0.306 e. The van der Waals surface area contributed by atoms with Crippen LogP contribution in [0.3, 0.4) is 0 Å². The summed E-state index contributed by atoms with van der Waals surface area (Å²) in [5.74, 6) is 0.207. The van der Waals surface area contributed by atoms with Crippen LogP contribution in [0.15, 0.2) is 24.3 Å². The number of benzene rings is 1. The molecule has 6 heteroatoms. The van der Waals surface area contributed by atoms with Gasteiger partial charge in [0.2, 0.25) is 5.91 Å². The van der Waals surface area contributed by atoms with Crippen molar-refractivity contribution >= 4 is 23.6 Å². The molecule has 1 aromatic rings. The van der Waals surface area contributed by atoms with Gasteiger partial charge >= 0.3 is 5.97 Å². The van der Waals surface area contributed by atoms with E-state index in [0.717, 1.165) is 12.2 Å². The molecule has 126 valence electrons. The Morgan fingerprint density at radius 3 is 2.83 bits per heavy atom. The van der Waals surface area contributed by atoms with Crippen LogP contribution in [0.1, 0.15) is 37.0 Å². The van der Waals surface area contributed by atoms with Crippen molar-refractivity contribution < 1.29 is 18.7 Å². The number of hydrogen-bond acceptors (Lipinski definition) is 4. The number of halogens is 1. The Balaban J connectivity index is 1.87. The van der Waals surface area contributed by atoms with Crippen LogP contribution in [0.4, 0.5) is 4.39 Å². The minimum Gasteiger partial charge on any atom is -0.466 e. The first-order chi connectivity index (χ1) is 11.1. The second kappa shape index (κ2) is 8.91. The Morgan fingerprint density at radius 1 is 1.30 bits per heavy atom. The fourth-order valence-electron chi connectivity index (χ4n) is 2.60. The molecular weight excluding hydrogens is 317 g/mol. The van der Waals surface area contributed by atoms with Crippen molar-refractivity contribution in [2.24, 2.45) is 0 Å². The van der Waals surface area contributed by atoms with E-state index in [0.29, 0.717) is 25.3 Å². The molecule has 1 heterocycles. The molecule has 1 fully saturated rings. The molecule has 23 heavy (non-hydrogen) atoms. The minimum absolute atomic E-state index is 0.0344. The number of thioether (sulfide) groups is 1. The number of amides is 1. The molecule has 1 aliphatic heterocycles. The van der Waals surface area contributed by atoms with Crippen molar-refractivity contribution in [3.63, 3.8) is 0 Å². The Kier molecular flexibility index (Phi) is 6.89. The van der Waals surface area contributed by atoms with Gasteiger partial charge < -0.3 is 9.64 Å². The van der Waals surface area contributed by atoms with Crippen LogP contribution in [0.5, 0.6) is 0 Å². The SMILES string of the molecule is CCOC(=O)CCC(=O)N1CCS[C@H](c2ccccc2F)CC1. The van der Waals surface area contributed by atoms with Gasteiger partial charge in [0.25, 0.3) is 0 Å². The maximum Gasteiger partial charge on any atom is 0.306 e. The van der Waals surface area contributed by atoms with Crippen LogP contribution in [0.2, 0.25) is 0 Å². The van der Waals surface area contributed by atoms with Crippen LogP contribution < -0.4 is 0 Å². The first-order valence-electron chi connectivity index (χ1n) is 7.91. The lowest BCUT2D eigenvalue weighted by Gasteiger charge is -2.20. The average molecular weight is 339 g/mol. The summed E-state index contributed by atoms with van der Waals surface area (Å²) in [5, 5.41) is 0.0686. The lowest BCUT2D eigenvalue weighted by molar-refractivity contribution is -0.145. The Morgan fingerprint density at radius 2 is 2.09 bits per heavy atom. The van der Waals surface area contributed by atoms with E-state index in [1.807, 2.05) is 12.1 Å². The number of hydrogen-bond donors (Lipinski definition) is 0. The van der Waals surface area contributed by atoms with Gasteiger partial charge in [-0.3, -0.25) is 9.59 Å². The van der Waals surface area contributed by atoms with Gasteiger partial charge in [-0.05, 0) is 19.4 Å². The molecule has 0 radical (unpaired) electrons. The van der Waals surface area contributed by atoms with Gasteiger partial charge in [-0.2, -0.15) is 11.8 Å². The van der Waals surface area contributed by atoms with Crippen LogP contribution in [0.25, 0.3) is 0 Å². The summed E-state index contributed by atoms with van der Waals surface area (Å²) < 4.78 is 18.7. The predicted molar refractivity (Wildman–Crippen MR) is 88.7 cm³/mol. The quantitative estimate of drug-likeness (QED) is 0.773. The molecule has 0 spiro atoms. The zero-order valence-electron chi connectivity index (χ0n) is 13.3. The molecule has 1 atom stereocenters. The van der Waals surface area contributed by atoms with Crippen LogP contribution in [0, 0.1) is 5.82 Å². The molecule has 1 amide bonds. The summed E-state index contributed by atoms with van der Waals surface area (Å²) in [6.07, 6.45) is 1.01. The number of ether oxygens (including phenoxy) is 1. The molecule has 0 aliphatic carbocycles. The molecule has 2 rings (SSSR count). The number of carbonyl (C=O) groups is 2. The van der Waals surface area contributed by atoms with E-state index < -0.39 is 0 Å². The van der Waals surface area contributed by atoms with Gasteiger partial charge in [-0.15, -0.1) is 0 Å². The lowest BCUT2D eigenvalue weighted by atomic mass is 10.1. The summed E-state index contributed by atoms with van der Waals surface area (Å²) in [4.78, 5) is 25.3. The fourth-order valence-corrected chi connectivity index (χ4v) is 3.86. The zero-order chi connectivity index (χ0) is 16.7. The fraction of sp³-hybridized carbons (Fsp3) is 0.529. The normalized spacial score (nSPS) is 18.3. The Hall–Kier alpha value is -1.56. The van der Waals surface area contributed by atoms with Gasteiger partial charge in [0.1, 0.15) is 5.82 Å². The number of rotatable bonds is 5. The molecular formula is C17H22FNO3S. The maximum atomic E-state index is 13.9. The summed E-state index contributed by atoms with van der Waals surface area (Å²) in [6, 6.07) is 6.81. The molecule has 1 aromatic carbocycles.